The van der Waals surface area contributed by atoms with Crippen LogP contribution in [0, 0.1) is 0 Å². The number of hydrogen-bond acceptors (Lipinski definition) is 5. The van der Waals surface area contributed by atoms with Crippen LogP contribution in [0.2, 0.25) is 5.15 Å². The minimum atomic E-state index is -1.28. The fourth-order valence-corrected chi connectivity index (χ4v) is 1.35. The van der Waals surface area contributed by atoms with E-state index >= 15 is 0 Å². The predicted octanol–water partition coefficient (Wildman–Crippen LogP) is 0.804. The van der Waals surface area contributed by atoms with Gasteiger partial charge in [-0.3, -0.25) is 4.79 Å². The molecule has 0 fully saturated rings. The maximum Gasteiger partial charge on any atom is 0.354 e. The highest BCUT2D eigenvalue weighted by Gasteiger charge is 2.20. The van der Waals surface area contributed by atoms with Crippen molar-refractivity contribution in [2.24, 2.45) is 0 Å². The summed E-state index contributed by atoms with van der Waals surface area (Å²) in [5.74, 6) is -1.83. The number of carboxylic acid groups (broad SMARTS) is 1. The number of carbonyl (C=O) groups is 2. The average Bonchev–Trinajstić information content (AvgIpc) is 2.77. The van der Waals surface area contributed by atoms with Crippen molar-refractivity contribution in [2.75, 3.05) is 5.32 Å². The van der Waals surface area contributed by atoms with Crippen molar-refractivity contribution in [3.63, 3.8) is 0 Å². The zero-order valence-electron chi connectivity index (χ0n) is 8.72. The van der Waals surface area contributed by atoms with Crippen molar-refractivity contribution in [3.05, 3.63) is 35.3 Å². The third-order valence-corrected chi connectivity index (χ3v) is 2.15. The summed E-state index contributed by atoms with van der Waals surface area (Å²) in [5, 5.41) is 11.3. The van der Waals surface area contributed by atoms with Crippen molar-refractivity contribution in [3.8, 4) is 0 Å². The molecule has 18 heavy (non-hydrogen) atoms. The van der Waals surface area contributed by atoms with E-state index < -0.39 is 11.9 Å². The molecule has 1 amide bonds. The van der Waals surface area contributed by atoms with Gasteiger partial charge in [0.05, 0.1) is 6.33 Å². The third kappa shape index (κ3) is 2.43. The molecule has 0 unspecified atom stereocenters. The molecule has 0 saturated heterocycles. The van der Waals surface area contributed by atoms with E-state index in [9.17, 15) is 9.59 Å². The number of aromatic carboxylic acids is 1. The van der Waals surface area contributed by atoms with Gasteiger partial charge in [0.1, 0.15) is 17.3 Å². The summed E-state index contributed by atoms with van der Waals surface area (Å²) in [5.41, 5.74) is -0.537. The molecule has 3 N–H and O–H groups in total. The van der Waals surface area contributed by atoms with Gasteiger partial charge in [-0.05, 0) is 0 Å². The Balaban J connectivity index is 2.22. The maximum absolute atomic E-state index is 11.8. The van der Waals surface area contributed by atoms with Crippen LogP contribution in [-0.4, -0.2) is 36.9 Å². The highest BCUT2D eigenvalue weighted by Crippen LogP contribution is 2.11. The van der Waals surface area contributed by atoms with Gasteiger partial charge in [-0.2, -0.15) is 0 Å². The lowest BCUT2D eigenvalue weighted by Crippen LogP contribution is -2.17. The number of anilines is 1. The highest BCUT2D eigenvalue weighted by molar-refractivity contribution is 6.29. The van der Waals surface area contributed by atoms with E-state index in [0.29, 0.717) is 0 Å². The van der Waals surface area contributed by atoms with Crippen LogP contribution in [0.1, 0.15) is 21.0 Å². The molecular formula is C9H6ClN5O3. The fraction of sp³-hybridized carbons (Fsp3) is 0. The first-order chi connectivity index (χ1) is 8.58. The van der Waals surface area contributed by atoms with E-state index in [0.717, 1.165) is 6.33 Å². The minimum absolute atomic E-state index is 0.152. The second-order valence-corrected chi connectivity index (χ2v) is 3.50. The zero-order chi connectivity index (χ0) is 13.1. The number of amides is 1. The van der Waals surface area contributed by atoms with Crippen LogP contribution in [0.15, 0.2) is 18.7 Å². The smallest absolute Gasteiger partial charge is 0.354 e. The molecule has 0 aliphatic carbocycles. The van der Waals surface area contributed by atoms with Crippen molar-refractivity contribution < 1.29 is 14.7 Å². The van der Waals surface area contributed by atoms with Crippen LogP contribution in [0.5, 0.6) is 0 Å². The first-order valence-electron chi connectivity index (χ1n) is 4.63. The van der Waals surface area contributed by atoms with Crippen LogP contribution in [-0.2, 0) is 0 Å². The molecule has 2 aromatic rings. The minimum Gasteiger partial charge on any atom is -0.477 e. The van der Waals surface area contributed by atoms with E-state index in [2.05, 4.69) is 25.3 Å². The van der Waals surface area contributed by atoms with Gasteiger partial charge >= 0.3 is 5.97 Å². The Morgan fingerprint density at radius 3 is 2.78 bits per heavy atom. The third-order valence-electron chi connectivity index (χ3n) is 1.94. The Hall–Kier alpha value is -2.48. The molecule has 0 aliphatic rings. The summed E-state index contributed by atoms with van der Waals surface area (Å²) < 4.78 is 0. The molecule has 0 bridgehead atoms. The second-order valence-electron chi connectivity index (χ2n) is 3.11. The number of aromatic amines is 1. The number of halogens is 1. The summed E-state index contributed by atoms with van der Waals surface area (Å²) in [6.45, 7) is 0. The first-order valence-corrected chi connectivity index (χ1v) is 5.01. The Morgan fingerprint density at radius 1 is 1.33 bits per heavy atom. The monoisotopic (exact) mass is 267 g/mol. The van der Waals surface area contributed by atoms with E-state index in [1.54, 1.807) is 0 Å². The highest BCUT2D eigenvalue weighted by atomic mass is 35.5. The molecule has 0 saturated carbocycles. The van der Waals surface area contributed by atoms with Gasteiger partial charge in [0.2, 0.25) is 0 Å². The van der Waals surface area contributed by atoms with Crippen molar-refractivity contribution in [1.29, 1.82) is 0 Å². The molecule has 0 atom stereocenters. The molecule has 9 heteroatoms. The van der Waals surface area contributed by atoms with Crippen molar-refractivity contribution in [2.45, 2.75) is 0 Å². The van der Waals surface area contributed by atoms with Gasteiger partial charge in [-0.25, -0.2) is 19.7 Å². The first kappa shape index (κ1) is 12.0. The summed E-state index contributed by atoms with van der Waals surface area (Å²) in [6.07, 6.45) is 2.28. The molecule has 0 radical (unpaired) electrons. The predicted molar refractivity (Wildman–Crippen MR) is 60.5 cm³/mol. The number of rotatable bonds is 3. The van der Waals surface area contributed by atoms with E-state index in [4.69, 9.17) is 16.7 Å². The van der Waals surface area contributed by atoms with E-state index in [1.807, 2.05) is 0 Å². The molecule has 92 valence electrons. The number of carboxylic acids is 1. The van der Waals surface area contributed by atoms with Crippen molar-refractivity contribution in [1.82, 2.24) is 19.9 Å². The topological polar surface area (TPSA) is 121 Å². The molecule has 8 nitrogen and oxygen atoms in total. The summed E-state index contributed by atoms with van der Waals surface area (Å²) in [7, 11) is 0. The Kier molecular flexibility index (Phi) is 3.20. The Morgan fingerprint density at radius 2 is 2.11 bits per heavy atom. The maximum atomic E-state index is 11.8. The van der Waals surface area contributed by atoms with Crippen LogP contribution in [0.4, 0.5) is 5.82 Å². The molecule has 0 aliphatic heterocycles. The van der Waals surface area contributed by atoms with Crippen LogP contribution in [0.3, 0.4) is 0 Å². The Labute approximate surface area is 105 Å². The number of carbonyl (C=O) groups excluding carboxylic acids is 1. The SMILES string of the molecule is O=C(Nc1cc(Cl)ncn1)c1nc[nH]c1C(=O)O. The van der Waals surface area contributed by atoms with Gasteiger partial charge < -0.3 is 15.4 Å². The average molecular weight is 268 g/mol. The molecular weight excluding hydrogens is 262 g/mol. The molecule has 2 rings (SSSR count). The van der Waals surface area contributed by atoms with Gasteiger partial charge in [0, 0.05) is 6.07 Å². The van der Waals surface area contributed by atoms with Gasteiger partial charge in [-0.15, -0.1) is 0 Å². The number of H-pyrrole nitrogens is 1. The molecule has 2 aromatic heterocycles. The lowest BCUT2D eigenvalue weighted by molar-refractivity contribution is 0.0686. The van der Waals surface area contributed by atoms with Crippen LogP contribution >= 0.6 is 11.6 Å². The normalized spacial score (nSPS) is 10.1. The van der Waals surface area contributed by atoms with Gasteiger partial charge in [-0.1, -0.05) is 11.6 Å². The van der Waals surface area contributed by atoms with E-state index in [1.165, 1.54) is 12.4 Å². The molecule has 2 heterocycles. The molecule has 0 aromatic carbocycles. The quantitative estimate of drug-likeness (QED) is 0.707. The van der Waals surface area contributed by atoms with Gasteiger partial charge in [0.25, 0.3) is 5.91 Å². The number of hydrogen-bond donors (Lipinski definition) is 3. The standard InChI is InChI=1S/C9H6ClN5O3/c10-4-1-5(12-2-11-4)15-8(16)6-7(9(17)18)14-3-13-6/h1-3H,(H,13,14)(H,17,18)(H,11,12,15,16). The molecule has 0 spiro atoms. The second kappa shape index (κ2) is 4.80. The van der Waals surface area contributed by atoms with Crippen molar-refractivity contribution >= 4 is 29.3 Å². The van der Waals surface area contributed by atoms with E-state index in [-0.39, 0.29) is 22.4 Å². The van der Waals surface area contributed by atoms with Crippen LogP contribution < -0.4 is 5.32 Å². The number of nitrogens with one attached hydrogen (secondary N) is 2. The summed E-state index contributed by atoms with van der Waals surface area (Å²) >= 11 is 5.62. The largest absolute Gasteiger partial charge is 0.477 e. The number of nitrogens with zero attached hydrogens (tertiary/aromatic N) is 3. The fourth-order valence-electron chi connectivity index (χ4n) is 1.21. The lowest BCUT2D eigenvalue weighted by Gasteiger charge is -2.02. The van der Waals surface area contributed by atoms with Gasteiger partial charge in [0.15, 0.2) is 11.4 Å². The summed E-state index contributed by atoms with van der Waals surface area (Å²) in [4.78, 5) is 35.9. The Bertz CT molecular complexity index is 612. The number of imidazole rings is 1. The van der Waals surface area contributed by atoms with Crippen LogP contribution in [0.25, 0.3) is 0 Å². The number of aromatic nitrogens is 4. The lowest BCUT2D eigenvalue weighted by atomic mass is 10.3. The summed E-state index contributed by atoms with van der Waals surface area (Å²) in [6, 6.07) is 1.33. The zero-order valence-corrected chi connectivity index (χ0v) is 9.47.